The molecule has 0 aliphatic heterocycles. The Morgan fingerprint density at radius 1 is 1.41 bits per heavy atom. The van der Waals surface area contributed by atoms with Gasteiger partial charge in [0.15, 0.2) is 0 Å². The van der Waals surface area contributed by atoms with E-state index < -0.39 is 0 Å². The summed E-state index contributed by atoms with van der Waals surface area (Å²) >= 11 is 4.43. The van der Waals surface area contributed by atoms with Gasteiger partial charge in [-0.15, -0.1) is 0 Å². The van der Waals surface area contributed by atoms with Crippen molar-refractivity contribution < 1.29 is 14.3 Å². The third-order valence-electron chi connectivity index (χ3n) is 2.43. The van der Waals surface area contributed by atoms with E-state index in [9.17, 15) is 9.59 Å². The van der Waals surface area contributed by atoms with Crippen LogP contribution in [0, 0.1) is 0 Å². The molecule has 98 valence electrons. The first-order valence-electron chi connectivity index (χ1n) is 6.07. The number of allylic oxidation sites excluding steroid dienone is 2. The summed E-state index contributed by atoms with van der Waals surface area (Å²) in [6.45, 7) is 3.54. The molecule has 0 radical (unpaired) electrons. The smallest absolute Gasteiger partial charge is 0.302 e. The normalized spacial score (nSPS) is 14.5. The summed E-state index contributed by atoms with van der Waals surface area (Å²) in [4.78, 5) is 21.1. The second-order valence-electron chi connectivity index (χ2n) is 4.01. The zero-order chi connectivity index (χ0) is 13.1. The molecule has 17 heavy (non-hydrogen) atoms. The summed E-state index contributed by atoms with van der Waals surface area (Å²) in [5.41, 5.74) is 0. The van der Waals surface area contributed by atoms with Crippen LogP contribution in [0.4, 0.5) is 0 Å². The molecule has 0 aliphatic carbocycles. The summed E-state index contributed by atoms with van der Waals surface area (Å²) in [5.74, 6) is -0.273. The molecular formula is C13H22O3S. The molecule has 0 spiro atoms. The number of hydrogen-bond donors (Lipinski definition) is 1. The lowest BCUT2D eigenvalue weighted by molar-refractivity contribution is -0.146. The van der Waals surface area contributed by atoms with Gasteiger partial charge in [-0.05, 0) is 25.3 Å². The summed E-state index contributed by atoms with van der Waals surface area (Å²) in [6, 6.07) is 0. The number of ether oxygens (including phenoxy) is 1. The van der Waals surface area contributed by atoms with Crippen molar-refractivity contribution in [2.45, 2.75) is 57.3 Å². The van der Waals surface area contributed by atoms with Gasteiger partial charge in [-0.3, -0.25) is 9.59 Å². The second-order valence-corrected chi connectivity index (χ2v) is 4.67. The van der Waals surface area contributed by atoms with Gasteiger partial charge < -0.3 is 4.74 Å². The molecule has 2 unspecified atom stereocenters. The Balaban J connectivity index is 4.17. The van der Waals surface area contributed by atoms with Gasteiger partial charge >= 0.3 is 5.97 Å². The van der Waals surface area contributed by atoms with Gasteiger partial charge in [-0.2, -0.15) is 12.6 Å². The minimum absolute atomic E-state index is 0.0491. The van der Waals surface area contributed by atoms with Crippen molar-refractivity contribution in [2.75, 3.05) is 0 Å². The number of thiol groups is 1. The third-order valence-corrected chi connectivity index (χ3v) is 2.97. The van der Waals surface area contributed by atoms with Crippen molar-refractivity contribution in [1.82, 2.24) is 0 Å². The molecule has 0 amide bonds. The van der Waals surface area contributed by atoms with Gasteiger partial charge in [0.05, 0.1) is 0 Å². The fourth-order valence-electron chi connectivity index (χ4n) is 1.56. The number of aldehydes is 1. The van der Waals surface area contributed by atoms with Crippen molar-refractivity contribution in [2.24, 2.45) is 0 Å². The molecule has 4 heteroatoms. The van der Waals surface area contributed by atoms with E-state index in [0.717, 1.165) is 32.0 Å². The molecule has 0 aromatic carbocycles. The lowest BCUT2D eigenvalue weighted by atomic mass is 10.1. The van der Waals surface area contributed by atoms with Crippen LogP contribution in [-0.2, 0) is 14.3 Å². The molecule has 0 heterocycles. The molecule has 0 rings (SSSR count). The Labute approximate surface area is 109 Å². The van der Waals surface area contributed by atoms with E-state index in [2.05, 4.69) is 19.6 Å². The van der Waals surface area contributed by atoms with E-state index in [1.165, 1.54) is 13.0 Å². The number of esters is 1. The van der Waals surface area contributed by atoms with E-state index in [0.29, 0.717) is 6.42 Å². The second kappa shape index (κ2) is 10.4. The van der Waals surface area contributed by atoms with Crippen LogP contribution in [0.1, 0.15) is 46.0 Å². The average molecular weight is 258 g/mol. The van der Waals surface area contributed by atoms with E-state index in [1.54, 1.807) is 6.08 Å². The molecule has 0 aromatic rings. The molecule has 0 fully saturated rings. The Morgan fingerprint density at radius 3 is 2.65 bits per heavy atom. The molecule has 0 aromatic heterocycles. The Morgan fingerprint density at radius 2 is 2.12 bits per heavy atom. The number of rotatable bonds is 9. The SMILES string of the molecule is CCCCCC(OC(C)=O)C(S)CC=CC=O. The molecule has 0 bridgehead atoms. The molecule has 2 atom stereocenters. The average Bonchev–Trinajstić information content (AvgIpc) is 2.27. The maximum absolute atomic E-state index is 11.0. The fourth-order valence-corrected chi connectivity index (χ4v) is 1.90. The highest BCUT2D eigenvalue weighted by atomic mass is 32.1. The van der Waals surface area contributed by atoms with Gasteiger partial charge in [0, 0.05) is 12.2 Å². The molecule has 3 nitrogen and oxygen atoms in total. The van der Waals surface area contributed by atoms with Crippen LogP contribution < -0.4 is 0 Å². The van der Waals surface area contributed by atoms with Gasteiger partial charge in [0.1, 0.15) is 12.4 Å². The summed E-state index contributed by atoms with van der Waals surface area (Å²) in [7, 11) is 0. The highest BCUT2D eigenvalue weighted by Gasteiger charge is 2.19. The maximum atomic E-state index is 11.0. The summed E-state index contributed by atoms with van der Waals surface area (Å²) in [5, 5.41) is -0.0491. The molecule has 0 saturated heterocycles. The van der Waals surface area contributed by atoms with Gasteiger partial charge in [0.25, 0.3) is 0 Å². The van der Waals surface area contributed by atoms with Crippen molar-refractivity contribution >= 4 is 24.9 Å². The maximum Gasteiger partial charge on any atom is 0.302 e. The Bertz CT molecular complexity index is 251. The van der Waals surface area contributed by atoms with Crippen LogP contribution in [-0.4, -0.2) is 23.6 Å². The lowest BCUT2D eigenvalue weighted by Gasteiger charge is -2.22. The van der Waals surface area contributed by atoms with Crippen molar-refractivity contribution in [1.29, 1.82) is 0 Å². The molecule has 0 N–H and O–H groups in total. The van der Waals surface area contributed by atoms with Crippen LogP contribution in [0.5, 0.6) is 0 Å². The Hall–Kier alpha value is -0.770. The van der Waals surface area contributed by atoms with Crippen LogP contribution in [0.3, 0.4) is 0 Å². The minimum Gasteiger partial charge on any atom is -0.461 e. The quantitative estimate of drug-likeness (QED) is 0.227. The van der Waals surface area contributed by atoms with E-state index >= 15 is 0 Å². The highest BCUT2D eigenvalue weighted by Crippen LogP contribution is 2.18. The van der Waals surface area contributed by atoms with E-state index in [-0.39, 0.29) is 17.3 Å². The summed E-state index contributed by atoms with van der Waals surface area (Å²) in [6.07, 6.45) is 8.51. The predicted molar refractivity (Wildman–Crippen MR) is 72.3 cm³/mol. The molecule has 0 aliphatic rings. The van der Waals surface area contributed by atoms with Crippen LogP contribution in [0.2, 0.25) is 0 Å². The predicted octanol–water partition coefficient (Wildman–Crippen LogP) is 2.94. The van der Waals surface area contributed by atoms with Gasteiger partial charge in [-0.1, -0.05) is 25.8 Å². The van der Waals surface area contributed by atoms with Crippen LogP contribution in [0.25, 0.3) is 0 Å². The van der Waals surface area contributed by atoms with Gasteiger partial charge in [-0.25, -0.2) is 0 Å². The topological polar surface area (TPSA) is 43.4 Å². The van der Waals surface area contributed by atoms with Crippen LogP contribution in [0.15, 0.2) is 12.2 Å². The first-order valence-corrected chi connectivity index (χ1v) is 6.59. The fraction of sp³-hybridized carbons (Fsp3) is 0.692. The minimum atomic E-state index is -0.273. The molecule has 0 saturated carbocycles. The number of carbonyl (C=O) groups is 2. The Kier molecular flexibility index (Phi) is 9.92. The highest BCUT2D eigenvalue weighted by molar-refractivity contribution is 7.81. The largest absolute Gasteiger partial charge is 0.461 e. The number of hydrogen-bond acceptors (Lipinski definition) is 4. The first kappa shape index (κ1) is 16.2. The van der Waals surface area contributed by atoms with Crippen molar-refractivity contribution in [3.63, 3.8) is 0 Å². The van der Waals surface area contributed by atoms with E-state index in [1.807, 2.05) is 0 Å². The van der Waals surface area contributed by atoms with Crippen LogP contribution >= 0.6 is 12.6 Å². The zero-order valence-electron chi connectivity index (χ0n) is 10.6. The standard InChI is InChI=1S/C13H22O3S/c1-3-4-5-8-12(16-11(2)15)13(17)9-6-7-10-14/h6-7,10,12-13,17H,3-5,8-9H2,1-2H3. The lowest BCUT2D eigenvalue weighted by Crippen LogP contribution is -2.26. The third kappa shape index (κ3) is 8.98. The summed E-state index contributed by atoms with van der Waals surface area (Å²) < 4.78 is 5.25. The molecular weight excluding hydrogens is 236 g/mol. The number of unbranched alkanes of at least 4 members (excludes halogenated alkanes) is 2. The number of carbonyl (C=O) groups excluding carboxylic acids is 2. The first-order chi connectivity index (χ1) is 8.11. The van der Waals surface area contributed by atoms with E-state index in [4.69, 9.17) is 4.74 Å². The van der Waals surface area contributed by atoms with Crippen molar-refractivity contribution in [3.8, 4) is 0 Å². The monoisotopic (exact) mass is 258 g/mol. The van der Waals surface area contributed by atoms with Gasteiger partial charge in [0.2, 0.25) is 0 Å². The van der Waals surface area contributed by atoms with Crippen molar-refractivity contribution in [3.05, 3.63) is 12.2 Å². The zero-order valence-corrected chi connectivity index (χ0v) is 11.5.